The van der Waals surface area contributed by atoms with Gasteiger partial charge in [-0.05, 0) is 19.7 Å². The quantitative estimate of drug-likeness (QED) is 0.708. The minimum absolute atomic E-state index is 0.0587. The van der Waals surface area contributed by atoms with Crippen molar-refractivity contribution in [1.29, 1.82) is 0 Å². The van der Waals surface area contributed by atoms with E-state index >= 15 is 0 Å². The normalized spacial score (nSPS) is 12.0. The molecule has 0 saturated heterocycles. The average Bonchev–Trinajstić information content (AvgIpc) is 2.19. The molecule has 0 aliphatic rings. The maximum Gasteiger partial charge on any atom is 0.104 e. The van der Waals surface area contributed by atoms with Crippen molar-refractivity contribution in [1.82, 2.24) is 4.90 Å². The Morgan fingerprint density at radius 1 is 1.29 bits per heavy atom. The van der Waals surface area contributed by atoms with Crippen molar-refractivity contribution in [2.45, 2.75) is 6.04 Å². The fourth-order valence-electron chi connectivity index (χ4n) is 1.29. The summed E-state index contributed by atoms with van der Waals surface area (Å²) in [5.74, 6) is 5.70. The maximum absolute atomic E-state index is 8.65. The highest BCUT2D eigenvalue weighted by atomic mass is 16.2. The van der Waals surface area contributed by atoms with Gasteiger partial charge in [0.05, 0.1) is 6.04 Å². The molecule has 0 spiro atoms. The summed E-state index contributed by atoms with van der Waals surface area (Å²) in [7, 11) is 3.95. The first kappa shape index (κ1) is 10.8. The van der Waals surface area contributed by atoms with Gasteiger partial charge in [0.1, 0.15) is 6.61 Å². The van der Waals surface area contributed by atoms with E-state index in [2.05, 4.69) is 11.8 Å². The van der Waals surface area contributed by atoms with Gasteiger partial charge in [-0.1, -0.05) is 42.2 Å². The van der Waals surface area contributed by atoms with Crippen LogP contribution in [0.15, 0.2) is 30.3 Å². The molecule has 14 heavy (non-hydrogen) atoms. The van der Waals surface area contributed by atoms with Gasteiger partial charge >= 0.3 is 0 Å². The van der Waals surface area contributed by atoms with Crippen LogP contribution >= 0.6 is 0 Å². The molecular weight excluding hydrogens is 174 g/mol. The molecule has 1 aromatic carbocycles. The zero-order valence-electron chi connectivity index (χ0n) is 8.57. The lowest BCUT2D eigenvalue weighted by Crippen LogP contribution is -2.18. The second-order valence-electron chi connectivity index (χ2n) is 3.26. The van der Waals surface area contributed by atoms with Crippen LogP contribution in [0.2, 0.25) is 0 Å². The van der Waals surface area contributed by atoms with Crippen LogP contribution in [0, 0.1) is 11.8 Å². The Labute approximate surface area is 85.2 Å². The van der Waals surface area contributed by atoms with Crippen LogP contribution < -0.4 is 0 Å². The minimum atomic E-state index is -0.0861. The van der Waals surface area contributed by atoms with Crippen molar-refractivity contribution in [3.8, 4) is 11.8 Å². The molecule has 1 unspecified atom stereocenters. The van der Waals surface area contributed by atoms with E-state index in [1.807, 2.05) is 49.3 Å². The SMILES string of the molecule is CN(C)C(C#CCO)c1ccccc1. The van der Waals surface area contributed by atoms with E-state index in [9.17, 15) is 0 Å². The smallest absolute Gasteiger partial charge is 0.104 e. The molecule has 0 saturated carbocycles. The summed E-state index contributed by atoms with van der Waals surface area (Å²) in [6.45, 7) is -0.0861. The van der Waals surface area contributed by atoms with Gasteiger partial charge in [0.2, 0.25) is 0 Å². The van der Waals surface area contributed by atoms with Gasteiger partial charge in [0.25, 0.3) is 0 Å². The largest absolute Gasteiger partial charge is 0.384 e. The second-order valence-corrected chi connectivity index (χ2v) is 3.26. The summed E-state index contributed by atoms with van der Waals surface area (Å²) in [5.41, 5.74) is 1.15. The third-order valence-electron chi connectivity index (χ3n) is 1.95. The molecule has 2 heteroatoms. The van der Waals surface area contributed by atoms with E-state index in [1.165, 1.54) is 0 Å². The number of benzene rings is 1. The summed E-state index contributed by atoms with van der Waals surface area (Å²) >= 11 is 0. The summed E-state index contributed by atoms with van der Waals surface area (Å²) in [5, 5.41) is 8.65. The molecule has 1 atom stereocenters. The monoisotopic (exact) mass is 189 g/mol. The maximum atomic E-state index is 8.65. The topological polar surface area (TPSA) is 23.5 Å². The van der Waals surface area contributed by atoms with Crippen LogP contribution in [-0.2, 0) is 0 Å². The Kier molecular flexibility index (Phi) is 4.18. The van der Waals surface area contributed by atoms with Gasteiger partial charge in [-0.2, -0.15) is 0 Å². The van der Waals surface area contributed by atoms with E-state index in [-0.39, 0.29) is 12.6 Å². The third kappa shape index (κ3) is 2.88. The highest BCUT2D eigenvalue weighted by molar-refractivity contribution is 5.26. The average molecular weight is 189 g/mol. The summed E-state index contributed by atoms with van der Waals surface area (Å²) in [4.78, 5) is 2.03. The van der Waals surface area contributed by atoms with E-state index in [0.29, 0.717) is 0 Å². The van der Waals surface area contributed by atoms with Crippen molar-refractivity contribution in [2.24, 2.45) is 0 Å². The Balaban J connectivity index is 2.89. The summed E-state index contributed by atoms with van der Waals surface area (Å²) in [6, 6.07) is 10.1. The van der Waals surface area contributed by atoms with Crippen LogP contribution in [0.3, 0.4) is 0 Å². The first-order valence-electron chi connectivity index (χ1n) is 4.56. The lowest BCUT2D eigenvalue weighted by atomic mass is 10.1. The number of aliphatic hydroxyl groups is 1. The van der Waals surface area contributed by atoms with Crippen LogP contribution in [0.25, 0.3) is 0 Å². The Morgan fingerprint density at radius 2 is 1.93 bits per heavy atom. The highest BCUT2D eigenvalue weighted by Gasteiger charge is 2.09. The highest BCUT2D eigenvalue weighted by Crippen LogP contribution is 2.16. The van der Waals surface area contributed by atoms with Crippen LogP contribution in [0.1, 0.15) is 11.6 Å². The number of hydrogen-bond acceptors (Lipinski definition) is 2. The van der Waals surface area contributed by atoms with Crippen molar-refractivity contribution in [3.05, 3.63) is 35.9 Å². The van der Waals surface area contributed by atoms with E-state index < -0.39 is 0 Å². The van der Waals surface area contributed by atoms with E-state index in [4.69, 9.17) is 5.11 Å². The fraction of sp³-hybridized carbons (Fsp3) is 0.333. The molecule has 0 radical (unpaired) electrons. The van der Waals surface area contributed by atoms with Crippen LogP contribution in [0.4, 0.5) is 0 Å². The fourth-order valence-corrected chi connectivity index (χ4v) is 1.29. The molecule has 0 aliphatic carbocycles. The summed E-state index contributed by atoms with van der Waals surface area (Å²) in [6.07, 6.45) is 0. The summed E-state index contributed by atoms with van der Waals surface area (Å²) < 4.78 is 0. The van der Waals surface area contributed by atoms with Crippen molar-refractivity contribution < 1.29 is 5.11 Å². The van der Waals surface area contributed by atoms with Crippen LogP contribution in [-0.4, -0.2) is 30.7 Å². The van der Waals surface area contributed by atoms with E-state index in [1.54, 1.807) is 0 Å². The molecule has 1 aromatic rings. The molecule has 2 nitrogen and oxygen atoms in total. The number of hydrogen-bond donors (Lipinski definition) is 1. The second kappa shape index (κ2) is 5.43. The lowest BCUT2D eigenvalue weighted by molar-refractivity contribution is 0.345. The lowest BCUT2D eigenvalue weighted by Gasteiger charge is -2.18. The minimum Gasteiger partial charge on any atom is -0.384 e. The third-order valence-corrected chi connectivity index (χ3v) is 1.95. The number of rotatable bonds is 2. The van der Waals surface area contributed by atoms with Gasteiger partial charge in [0.15, 0.2) is 0 Å². The Hall–Kier alpha value is -1.30. The van der Waals surface area contributed by atoms with Gasteiger partial charge in [-0.3, -0.25) is 4.90 Å². The zero-order valence-corrected chi connectivity index (χ0v) is 8.57. The molecule has 74 valence electrons. The van der Waals surface area contributed by atoms with Gasteiger partial charge in [-0.25, -0.2) is 0 Å². The molecule has 0 bridgehead atoms. The predicted octanol–water partition coefficient (Wildman–Crippen LogP) is 1.28. The standard InChI is InChI=1S/C12H15NO/c1-13(2)12(9-6-10-14)11-7-4-3-5-8-11/h3-5,7-8,12,14H,10H2,1-2H3. The first-order chi connectivity index (χ1) is 6.75. The van der Waals surface area contributed by atoms with Gasteiger partial charge in [-0.15, -0.1) is 0 Å². The van der Waals surface area contributed by atoms with Crippen molar-refractivity contribution >= 4 is 0 Å². The van der Waals surface area contributed by atoms with Gasteiger partial charge in [0, 0.05) is 0 Å². The molecular formula is C12H15NO. The number of nitrogens with zero attached hydrogens (tertiary/aromatic N) is 1. The Morgan fingerprint density at radius 3 is 2.43 bits per heavy atom. The van der Waals surface area contributed by atoms with Gasteiger partial charge < -0.3 is 5.11 Å². The molecule has 0 heterocycles. The molecule has 0 aliphatic heterocycles. The molecule has 0 amide bonds. The van der Waals surface area contributed by atoms with Crippen LogP contribution in [0.5, 0.6) is 0 Å². The first-order valence-corrected chi connectivity index (χ1v) is 4.56. The Bertz CT molecular complexity index is 321. The molecule has 1 rings (SSSR count). The predicted molar refractivity (Wildman–Crippen MR) is 57.7 cm³/mol. The zero-order chi connectivity index (χ0) is 10.4. The van der Waals surface area contributed by atoms with Crippen molar-refractivity contribution in [2.75, 3.05) is 20.7 Å². The molecule has 0 aromatic heterocycles. The van der Waals surface area contributed by atoms with E-state index in [0.717, 1.165) is 5.56 Å². The molecule has 0 fully saturated rings. The van der Waals surface area contributed by atoms with Crippen molar-refractivity contribution in [3.63, 3.8) is 0 Å². The number of aliphatic hydroxyl groups excluding tert-OH is 1. The molecule has 1 N–H and O–H groups in total.